The van der Waals surface area contributed by atoms with Crippen molar-refractivity contribution in [3.63, 3.8) is 0 Å². The molecule has 2 aliphatic heterocycles. The summed E-state index contributed by atoms with van der Waals surface area (Å²) in [7, 11) is 0. The molecule has 0 radical (unpaired) electrons. The number of morpholine rings is 1. The second-order valence-electron chi connectivity index (χ2n) is 9.78. The largest absolute Gasteiger partial charge is 0.493 e. The number of benzene rings is 1. The number of aromatic nitrogens is 5. The highest BCUT2D eigenvalue weighted by molar-refractivity contribution is 5.81. The lowest BCUT2D eigenvalue weighted by Crippen LogP contribution is -2.37. The molecule has 0 amide bonds. The Bertz CT molecular complexity index is 1450. The second kappa shape index (κ2) is 11.2. The summed E-state index contributed by atoms with van der Waals surface area (Å²) in [6, 6.07) is 9.40. The number of carboxylic acids is 1. The first-order valence-corrected chi connectivity index (χ1v) is 13.3. The van der Waals surface area contributed by atoms with Crippen molar-refractivity contribution in [3.05, 3.63) is 65.7 Å². The number of carboxylic acid groups (broad SMARTS) is 1. The Morgan fingerprint density at radius 1 is 1.13 bits per heavy atom. The van der Waals surface area contributed by atoms with Gasteiger partial charge in [0.25, 0.3) is 0 Å². The van der Waals surface area contributed by atoms with Crippen molar-refractivity contribution in [1.29, 1.82) is 0 Å². The predicted molar refractivity (Wildman–Crippen MR) is 145 cm³/mol. The van der Waals surface area contributed by atoms with Gasteiger partial charge in [-0.05, 0) is 42.7 Å². The first-order chi connectivity index (χ1) is 19.1. The zero-order chi connectivity index (χ0) is 26.6. The highest BCUT2D eigenvalue weighted by atomic mass is 16.5. The molecule has 3 aromatic heterocycles. The number of carbonyl (C=O) groups is 1. The highest BCUT2D eigenvalue weighted by Crippen LogP contribution is 2.29. The fourth-order valence-corrected chi connectivity index (χ4v) is 5.09. The van der Waals surface area contributed by atoms with Gasteiger partial charge in [-0.3, -0.25) is 9.48 Å². The van der Waals surface area contributed by atoms with Gasteiger partial charge in [0.1, 0.15) is 11.6 Å². The van der Waals surface area contributed by atoms with E-state index in [0.29, 0.717) is 37.8 Å². The predicted octanol–water partition coefficient (Wildman–Crippen LogP) is 3.10. The van der Waals surface area contributed by atoms with Crippen molar-refractivity contribution in [3.8, 4) is 5.75 Å². The Morgan fingerprint density at radius 3 is 2.79 bits per heavy atom. The third kappa shape index (κ3) is 5.63. The number of nitrogens with one attached hydrogen (secondary N) is 1. The maximum Gasteiger partial charge on any atom is 0.305 e. The lowest BCUT2D eigenvalue weighted by Gasteiger charge is -2.27. The van der Waals surface area contributed by atoms with E-state index < -0.39 is 12.0 Å². The quantitative estimate of drug-likeness (QED) is 0.334. The van der Waals surface area contributed by atoms with Gasteiger partial charge in [0.2, 0.25) is 5.95 Å². The minimum Gasteiger partial charge on any atom is -0.493 e. The molecular weight excluding hydrogens is 498 g/mol. The van der Waals surface area contributed by atoms with Crippen molar-refractivity contribution in [1.82, 2.24) is 24.7 Å². The summed E-state index contributed by atoms with van der Waals surface area (Å²) < 4.78 is 13.2. The maximum absolute atomic E-state index is 11.8. The molecule has 1 atom stereocenters. The van der Waals surface area contributed by atoms with Crippen LogP contribution in [0.1, 0.15) is 35.7 Å². The Kier molecular flexibility index (Phi) is 7.22. The van der Waals surface area contributed by atoms with Gasteiger partial charge in [0.05, 0.1) is 44.0 Å². The molecule has 0 bridgehead atoms. The number of anilines is 2. The Morgan fingerprint density at radius 2 is 1.97 bits per heavy atom. The Balaban J connectivity index is 1.16. The maximum atomic E-state index is 11.8. The molecule has 0 aliphatic carbocycles. The SMILES string of the molecule is O=C(O)CC(c1cnc(N2CCOCC2)nc1)n1ncc2cc(OCCc3ccc4c(n3)NCCC4)ccc21. The smallest absolute Gasteiger partial charge is 0.305 e. The molecule has 11 nitrogen and oxygen atoms in total. The van der Waals surface area contributed by atoms with E-state index in [-0.39, 0.29) is 6.42 Å². The van der Waals surface area contributed by atoms with E-state index in [1.54, 1.807) is 23.3 Å². The van der Waals surface area contributed by atoms with Crippen molar-refractivity contribution < 1.29 is 19.4 Å². The number of fused-ring (bicyclic) bond motifs is 2. The summed E-state index contributed by atoms with van der Waals surface area (Å²) in [5.41, 5.74) is 3.77. The van der Waals surface area contributed by atoms with Gasteiger partial charge >= 0.3 is 5.97 Å². The molecule has 2 N–H and O–H groups in total. The first kappa shape index (κ1) is 25.1. The average Bonchev–Trinajstić information content (AvgIpc) is 3.39. The van der Waals surface area contributed by atoms with E-state index in [0.717, 1.165) is 60.6 Å². The van der Waals surface area contributed by atoms with Crippen LogP contribution in [0.25, 0.3) is 10.9 Å². The van der Waals surface area contributed by atoms with Crippen LogP contribution in [0, 0.1) is 0 Å². The molecule has 1 saturated heterocycles. The molecule has 2 aliphatic rings. The summed E-state index contributed by atoms with van der Waals surface area (Å²) in [6.45, 7) is 4.20. The molecule has 6 rings (SSSR count). The van der Waals surface area contributed by atoms with E-state index >= 15 is 0 Å². The third-order valence-electron chi connectivity index (χ3n) is 7.15. The van der Waals surface area contributed by atoms with Gasteiger partial charge in [0, 0.05) is 55.1 Å². The number of aliphatic carboxylic acids is 1. The van der Waals surface area contributed by atoms with Crippen LogP contribution in [0.4, 0.5) is 11.8 Å². The highest BCUT2D eigenvalue weighted by Gasteiger charge is 2.23. The Hall–Kier alpha value is -4.25. The fraction of sp³-hybridized carbons (Fsp3) is 0.393. The summed E-state index contributed by atoms with van der Waals surface area (Å²) in [5.74, 6) is 1.41. The van der Waals surface area contributed by atoms with Crippen LogP contribution in [-0.4, -0.2) is 75.3 Å². The molecule has 1 unspecified atom stereocenters. The molecule has 11 heteroatoms. The van der Waals surface area contributed by atoms with E-state index in [1.807, 2.05) is 18.2 Å². The molecule has 1 aromatic carbocycles. The molecule has 4 aromatic rings. The minimum atomic E-state index is -0.924. The minimum absolute atomic E-state index is 0.141. The van der Waals surface area contributed by atoms with E-state index in [2.05, 4.69) is 37.4 Å². The number of hydrogen-bond donors (Lipinski definition) is 2. The lowest BCUT2D eigenvalue weighted by atomic mass is 10.1. The molecule has 202 valence electrons. The molecule has 0 spiro atoms. The zero-order valence-electron chi connectivity index (χ0n) is 21.6. The van der Waals surface area contributed by atoms with Crippen LogP contribution < -0.4 is 15.0 Å². The standard InChI is InChI=1S/C28H31N7O4/c36-26(37)15-25(21-16-30-28(31-17-21)34-9-12-38-13-10-34)35-24-6-5-23(14-20(24)18-32-35)39-11-7-22-4-3-19-2-1-8-29-27(19)33-22/h3-6,14,16-18,25H,1-2,7-13,15H2,(H,29,33)(H,36,37). The number of pyridine rings is 1. The number of ether oxygens (including phenoxy) is 2. The molecule has 0 saturated carbocycles. The summed E-state index contributed by atoms with van der Waals surface area (Å²) in [4.78, 5) is 27.6. The topological polar surface area (TPSA) is 128 Å². The van der Waals surface area contributed by atoms with Crippen molar-refractivity contribution >= 4 is 28.6 Å². The summed E-state index contributed by atoms with van der Waals surface area (Å²) >= 11 is 0. The van der Waals surface area contributed by atoms with E-state index in [4.69, 9.17) is 14.5 Å². The van der Waals surface area contributed by atoms with Crippen LogP contribution in [0.5, 0.6) is 5.75 Å². The van der Waals surface area contributed by atoms with Crippen LogP contribution in [0.3, 0.4) is 0 Å². The summed E-state index contributed by atoms with van der Waals surface area (Å²) in [5, 5.41) is 18.4. The number of rotatable bonds is 9. The number of aryl methyl sites for hydroxylation is 1. The van der Waals surface area contributed by atoms with E-state index in [9.17, 15) is 9.90 Å². The third-order valence-corrected chi connectivity index (χ3v) is 7.15. The van der Waals surface area contributed by atoms with Crippen molar-refractivity contribution in [2.45, 2.75) is 31.7 Å². The van der Waals surface area contributed by atoms with Gasteiger partial charge in [-0.1, -0.05) is 6.07 Å². The average molecular weight is 530 g/mol. The van der Waals surface area contributed by atoms with E-state index in [1.165, 1.54) is 5.56 Å². The second-order valence-corrected chi connectivity index (χ2v) is 9.78. The zero-order valence-corrected chi connectivity index (χ0v) is 21.6. The van der Waals surface area contributed by atoms with Crippen molar-refractivity contribution in [2.75, 3.05) is 49.7 Å². The molecule has 39 heavy (non-hydrogen) atoms. The molecule has 1 fully saturated rings. The van der Waals surface area contributed by atoms with Gasteiger partial charge in [-0.2, -0.15) is 5.10 Å². The monoisotopic (exact) mass is 529 g/mol. The van der Waals surface area contributed by atoms with Crippen LogP contribution in [0.2, 0.25) is 0 Å². The van der Waals surface area contributed by atoms with Crippen molar-refractivity contribution in [2.24, 2.45) is 0 Å². The lowest BCUT2D eigenvalue weighted by molar-refractivity contribution is -0.137. The van der Waals surface area contributed by atoms with Crippen LogP contribution in [-0.2, 0) is 22.4 Å². The van der Waals surface area contributed by atoms with Gasteiger partial charge in [-0.25, -0.2) is 15.0 Å². The first-order valence-electron chi connectivity index (χ1n) is 13.3. The summed E-state index contributed by atoms with van der Waals surface area (Å²) in [6.07, 6.45) is 7.89. The molecule has 5 heterocycles. The van der Waals surface area contributed by atoms with Crippen LogP contribution in [0.15, 0.2) is 48.9 Å². The van der Waals surface area contributed by atoms with Crippen LogP contribution >= 0.6 is 0 Å². The fourth-order valence-electron chi connectivity index (χ4n) is 5.09. The Labute approximate surface area is 225 Å². The normalized spacial score (nSPS) is 15.9. The molecular formula is C28H31N7O4. The van der Waals surface area contributed by atoms with Gasteiger partial charge < -0.3 is 24.8 Å². The number of hydrogen-bond acceptors (Lipinski definition) is 9. The van der Waals surface area contributed by atoms with Gasteiger partial charge in [0.15, 0.2) is 0 Å². The van der Waals surface area contributed by atoms with Gasteiger partial charge in [-0.15, -0.1) is 0 Å². The number of nitrogens with zero attached hydrogens (tertiary/aromatic N) is 6.